The molecular formula is C8H7F2N3O. The van der Waals surface area contributed by atoms with Crippen LogP contribution in [0.15, 0.2) is 6.20 Å². The number of hydrogen-bond donors (Lipinski definition) is 1. The van der Waals surface area contributed by atoms with Crippen molar-refractivity contribution in [2.75, 3.05) is 12.8 Å². The van der Waals surface area contributed by atoms with E-state index in [9.17, 15) is 8.78 Å². The summed E-state index contributed by atoms with van der Waals surface area (Å²) in [4.78, 5) is 3.61. The van der Waals surface area contributed by atoms with Crippen LogP contribution in [0.5, 0.6) is 5.88 Å². The standard InChI is InChI=1S/C8H7F2N3O/c1-14-8-6(12)5(7(9)10)4(2-11)3-13-8/h3,7H,12H2,1H3. The van der Waals surface area contributed by atoms with Crippen molar-refractivity contribution < 1.29 is 13.5 Å². The molecule has 4 nitrogen and oxygen atoms in total. The van der Waals surface area contributed by atoms with E-state index in [1.165, 1.54) is 7.11 Å². The number of rotatable bonds is 2. The number of nitrogens with two attached hydrogens (primary N) is 1. The number of pyridine rings is 1. The van der Waals surface area contributed by atoms with Crippen molar-refractivity contribution in [3.63, 3.8) is 0 Å². The predicted octanol–water partition coefficient (Wildman–Crippen LogP) is 1.48. The molecule has 0 bridgehead atoms. The Balaban J connectivity index is 3.41. The molecule has 0 radical (unpaired) electrons. The molecule has 0 aliphatic carbocycles. The molecule has 0 aliphatic heterocycles. The summed E-state index contributed by atoms with van der Waals surface area (Å²) in [5, 5.41) is 8.54. The van der Waals surface area contributed by atoms with Crippen LogP contribution in [0, 0.1) is 11.3 Å². The van der Waals surface area contributed by atoms with Gasteiger partial charge in [0.25, 0.3) is 6.43 Å². The molecule has 14 heavy (non-hydrogen) atoms. The summed E-state index contributed by atoms with van der Waals surface area (Å²) in [7, 11) is 1.26. The molecule has 0 saturated heterocycles. The molecule has 1 heterocycles. The van der Waals surface area contributed by atoms with E-state index < -0.39 is 12.0 Å². The zero-order chi connectivity index (χ0) is 10.7. The fourth-order valence-electron chi connectivity index (χ4n) is 1.01. The van der Waals surface area contributed by atoms with Crippen molar-refractivity contribution in [1.29, 1.82) is 5.26 Å². The third kappa shape index (κ3) is 1.57. The molecular weight excluding hydrogens is 192 g/mol. The molecule has 2 N–H and O–H groups in total. The van der Waals surface area contributed by atoms with Crippen LogP contribution in [0.3, 0.4) is 0 Å². The van der Waals surface area contributed by atoms with Crippen LogP contribution in [-0.4, -0.2) is 12.1 Å². The average molecular weight is 199 g/mol. The fraction of sp³-hybridized carbons (Fsp3) is 0.250. The second-order valence-corrected chi connectivity index (χ2v) is 2.42. The molecule has 74 valence electrons. The summed E-state index contributed by atoms with van der Waals surface area (Å²) in [5.41, 5.74) is 4.30. The van der Waals surface area contributed by atoms with E-state index in [1.807, 2.05) is 0 Å². The molecule has 0 atom stereocenters. The minimum Gasteiger partial charge on any atom is -0.480 e. The Morgan fingerprint density at radius 2 is 2.29 bits per heavy atom. The van der Waals surface area contributed by atoms with Gasteiger partial charge in [0.05, 0.1) is 18.2 Å². The number of nitriles is 1. The van der Waals surface area contributed by atoms with Crippen LogP contribution in [0.4, 0.5) is 14.5 Å². The van der Waals surface area contributed by atoms with Crippen LogP contribution in [0.2, 0.25) is 0 Å². The zero-order valence-electron chi connectivity index (χ0n) is 7.29. The zero-order valence-corrected chi connectivity index (χ0v) is 7.29. The van der Waals surface area contributed by atoms with Crippen molar-refractivity contribution in [2.24, 2.45) is 0 Å². The van der Waals surface area contributed by atoms with E-state index in [4.69, 9.17) is 11.0 Å². The summed E-state index contributed by atoms with van der Waals surface area (Å²) in [6.07, 6.45) is -1.81. The van der Waals surface area contributed by atoms with Crippen LogP contribution in [0.25, 0.3) is 0 Å². The van der Waals surface area contributed by atoms with Gasteiger partial charge in [0.15, 0.2) is 0 Å². The van der Waals surface area contributed by atoms with Gasteiger partial charge in [-0.15, -0.1) is 0 Å². The maximum Gasteiger partial charge on any atom is 0.267 e. The average Bonchev–Trinajstić information content (AvgIpc) is 2.16. The molecule has 6 heteroatoms. The Labute approximate surface area is 78.9 Å². The Morgan fingerprint density at radius 1 is 1.64 bits per heavy atom. The first-order valence-corrected chi connectivity index (χ1v) is 3.62. The lowest BCUT2D eigenvalue weighted by Gasteiger charge is -2.09. The number of halogens is 2. The van der Waals surface area contributed by atoms with Crippen molar-refractivity contribution in [1.82, 2.24) is 4.98 Å². The lowest BCUT2D eigenvalue weighted by molar-refractivity contribution is 0.151. The Kier molecular flexibility index (Phi) is 2.82. The van der Waals surface area contributed by atoms with Gasteiger partial charge in [-0.25, -0.2) is 13.8 Å². The third-order valence-electron chi connectivity index (χ3n) is 1.65. The Hall–Kier alpha value is -1.90. The highest BCUT2D eigenvalue weighted by Crippen LogP contribution is 2.32. The summed E-state index contributed by atoms with van der Waals surface area (Å²) >= 11 is 0. The van der Waals surface area contributed by atoms with E-state index in [-0.39, 0.29) is 17.1 Å². The SMILES string of the molecule is COc1ncc(C#N)c(C(F)F)c1N. The van der Waals surface area contributed by atoms with Gasteiger partial charge < -0.3 is 10.5 Å². The molecule has 0 amide bonds. The first-order valence-electron chi connectivity index (χ1n) is 3.62. The van der Waals surface area contributed by atoms with E-state index >= 15 is 0 Å². The van der Waals surface area contributed by atoms with Gasteiger partial charge >= 0.3 is 0 Å². The molecule has 1 aromatic heterocycles. The van der Waals surface area contributed by atoms with E-state index in [2.05, 4.69) is 9.72 Å². The van der Waals surface area contributed by atoms with Gasteiger partial charge in [-0.2, -0.15) is 5.26 Å². The number of anilines is 1. The summed E-state index contributed by atoms with van der Waals surface area (Å²) in [5.74, 6) is -0.0979. The first kappa shape index (κ1) is 10.2. The Bertz CT molecular complexity index is 387. The maximum atomic E-state index is 12.5. The number of nitrogen functional groups attached to an aromatic ring is 1. The molecule has 0 unspecified atom stereocenters. The second kappa shape index (κ2) is 3.87. The lowest BCUT2D eigenvalue weighted by atomic mass is 10.1. The summed E-state index contributed by atoms with van der Waals surface area (Å²) in [6, 6.07) is 1.59. The topological polar surface area (TPSA) is 71.9 Å². The van der Waals surface area contributed by atoms with Gasteiger partial charge in [-0.1, -0.05) is 0 Å². The number of nitrogens with zero attached hydrogens (tertiary/aromatic N) is 2. The smallest absolute Gasteiger partial charge is 0.267 e. The van der Waals surface area contributed by atoms with Crippen LogP contribution in [0.1, 0.15) is 17.6 Å². The maximum absolute atomic E-state index is 12.5. The number of methoxy groups -OCH3 is 1. The van der Waals surface area contributed by atoms with Crippen LogP contribution < -0.4 is 10.5 Å². The van der Waals surface area contributed by atoms with Gasteiger partial charge in [0.1, 0.15) is 11.8 Å². The van der Waals surface area contributed by atoms with E-state index in [1.54, 1.807) is 6.07 Å². The monoisotopic (exact) mass is 199 g/mol. The highest BCUT2D eigenvalue weighted by atomic mass is 19.3. The molecule has 1 aromatic rings. The van der Waals surface area contributed by atoms with Crippen LogP contribution >= 0.6 is 0 Å². The third-order valence-corrected chi connectivity index (χ3v) is 1.65. The second-order valence-electron chi connectivity index (χ2n) is 2.42. The molecule has 0 spiro atoms. The molecule has 0 saturated carbocycles. The molecule has 0 aliphatic rings. The largest absolute Gasteiger partial charge is 0.480 e. The molecule has 1 rings (SSSR count). The number of alkyl halides is 2. The van der Waals surface area contributed by atoms with Gasteiger partial charge in [0.2, 0.25) is 5.88 Å². The number of aromatic nitrogens is 1. The molecule has 0 fully saturated rings. The van der Waals surface area contributed by atoms with Crippen molar-refractivity contribution >= 4 is 5.69 Å². The van der Waals surface area contributed by atoms with Crippen molar-refractivity contribution in [3.05, 3.63) is 17.3 Å². The predicted molar refractivity (Wildman–Crippen MR) is 44.9 cm³/mol. The van der Waals surface area contributed by atoms with Gasteiger partial charge in [0, 0.05) is 6.20 Å². The van der Waals surface area contributed by atoms with Gasteiger partial charge in [-0.05, 0) is 0 Å². The van der Waals surface area contributed by atoms with Crippen molar-refractivity contribution in [3.8, 4) is 11.9 Å². The minimum absolute atomic E-state index is 0.0979. The van der Waals surface area contributed by atoms with E-state index in [0.717, 1.165) is 6.20 Å². The summed E-state index contributed by atoms with van der Waals surface area (Å²) < 4.78 is 29.6. The first-order chi connectivity index (χ1) is 6.61. The highest BCUT2D eigenvalue weighted by Gasteiger charge is 2.20. The minimum atomic E-state index is -2.82. The number of ether oxygens (including phenoxy) is 1. The molecule has 0 aromatic carbocycles. The number of hydrogen-bond acceptors (Lipinski definition) is 4. The van der Waals surface area contributed by atoms with Crippen LogP contribution in [-0.2, 0) is 0 Å². The van der Waals surface area contributed by atoms with E-state index in [0.29, 0.717) is 0 Å². The lowest BCUT2D eigenvalue weighted by Crippen LogP contribution is -2.03. The fourth-order valence-corrected chi connectivity index (χ4v) is 1.01. The van der Waals surface area contributed by atoms with Crippen molar-refractivity contribution in [2.45, 2.75) is 6.43 Å². The summed E-state index contributed by atoms with van der Waals surface area (Å²) in [6.45, 7) is 0. The normalized spacial score (nSPS) is 9.93. The quantitative estimate of drug-likeness (QED) is 0.782. The Morgan fingerprint density at radius 3 is 2.71 bits per heavy atom. The highest BCUT2D eigenvalue weighted by molar-refractivity contribution is 5.60. The van der Waals surface area contributed by atoms with Gasteiger partial charge in [-0.3, -0.25) is 0 Å².